The van der Waals surface area contributed by atoms with Crippen molar-refractivity contribution in [2.24, 2.45) is 0 Å². The summed E-state index contributed by atoms with van der Waals surface area (Å²) in [5.41, 5.74) is 0. The summed E-state index contributed by atoms with van der Waals surface area (Å²) < 4.78 is 28.7. The average molecular weight is 411 g/mol. The first-order valence-electron chi connectivity index (χ1n) is 10.2. The fourth-order valence-corrected chi connectivity index (χ4v) is 3.77. The predicted molar refractivity (Wildman–Crippen MR) is 108 cm³/mol. The van der Waals surface area contributed by atoms with Crippen LogP contribution in [0.2, 0.25) is 0 Å². The van der Waals surface area contributed by atoms with Crippen LogP contribution in [-0.4, -0.2) is 89.7 Å². The molecule has 2 aliphatic heterocycles. The molecule has 1 amide bonds. The highest BCUT2D eigenvalue weighted by molar-refractivity contribution is 6.11. The zero-order valence-electron chi connectivity index (χ0n) is 17.8. The number of esters is 2. The summed E-state index contributed by atoms with van der Waals surface area (Å²) in [4.78, 5) is 34.8. The van der Waals surface area contributed by atoms with Gasteiger partial charge in [-0.25, -0.2) is 0 Å². The Hall–Kier alpha value is -1.58. The van der Waals surface area contributed by atoms with E-state index >= 15 is 0 Å². The van der Waals surface area contributed by atoms with Gasteiger partial charge in [0, 0.05) is 32.8 Å². The lowest BCUT2D eigenvalue weighted by Crippen LogP contribution is -2.41. The number of nitrogens with one attached hydrogen (secondary N) is 1. The molecule has 1 N–H and O–H groups in total. The first kappa shape index (κ1) is 23.7. The number of rotatable bonds is 9. The van der Waals surface area contributed by atoms with E-state index in [1.807, 2.05) is 22.6 Å². The highest BCUT2D eigenvalue weighted by Crippen LogP contribution is 2.29. The van der Waals surface area contributed by atoms with Crippen molar-refractivity contribution in [2.45, 2.75) is 82.1 Å². The number of ether oxygens (including phenoxy) is 5. The Bertz CT molecular complexity index is 592. The van der Waals surface area contributed by atoms with Crippen LogP contribution in [0.25, 0.3) is 0 Å². The maximum atomic E-state index is 12.1. The van der Waals surface area contributed by atoms with Gasteiger partial charge in [0.15, 0.2) is 6.10 Å². The molecule has 2 fully saturated rings. The van der Waals surface area contributed by atoms with E-state index < -0.39 is 30.4 Å². The Morgan fingerprint density at radius 1 is 1.07 bits per heavy atom. The van der Waals surface area contributed by atoms with Crippen LogP contribution in [0.15, 0.2) is 0 Å². The third-order valence-corrected chi connectivity index (χ3v) is 5.20. The second-order valence-electron chi connectivity index (χ2n) is 7.58. The molecule has 11 heteroatoms. The van der Waals surface area contributed by atoms with E-state index in [2.05, 4.69) is 5.32 Å². The lowest BCUT2D eigenvalue weighted by atomic mass is 9.92. The third kappa shape index (κ3) is 6.72. The van der Waals surface area contributed by atoms with E-state index in [1.54, 1.807) is 0 Å². The molecule has 2 aliphatic rings. The summed E-state index contributed by atoms with van der Waals surface area (Å²) in [5, 5.41) is 2.47. The lowest BCUT2D eigenvalue weighted by molar-refractivity contribution is -0.161. The second kappa shape index (κ2) is 11.0. The fourth-order valence-electron chi connectivity index (χ4n) is 3.77. The SMILES string of the molecule is B[C@@H]1O[C@H](CC)[C@H](OC(C)=O)C1OC[C@H]1O[C@@H](B)C[C@H]1OC(=O)CCC(=O)NC. The van der Waals surface area contributed by atoms with Gasteiger partial charge in [0.2, 0.25) is 5.91 Å². The van der Waals surface area contributed by atoms with Crippen molar-refractivity contribution in [2.75, 3.05) is 13.7 Å². The molecule has 0 aromatic carbocycles. The number of carbonyl (C=O) groups excluding carboxylic acids is 3. The van der Waals surface area contributed by atoms with Crippen LogP contribution in [0.5, 0.6) is 0 Å². The van der Waals surface area contributed by atoms with Crippen LogP contribution in [-0.2, 0) is 38.1 Å². The summed E-state index contributed by atoms with van der Waals surface area (Å²) in [6.45, 7) is 3.51. The molecule has 0 spiro atoms. The Kier molecular flexibility index (Phi) is 8.98. The molecule has 1 unspecified atom stereocenters. The van der Waals surface area contributed by atoms with Crippen LogP contribution in [0.4, 0.5) is 0 Å². The smallest absolute Gasteiger partial charge is 0.306 e. The van der Waals surface area contributed by atoms with Crippen molar-refractivity contribution in [3.63, 3.8) is 0 Å². The van der Waals surface area contributed by atoms with E-state index in [0.29, 0.717) is 12.8 Å². The molecule has 9 nitrogen and oxygen atoms in total. The summed E-state index contributed by atoms with van der Waals surface area (Å²) >= 11 is 0. The summed E-state index contributed by atoms with van der Waals surface area (Å²) in [7, 11) is 5.31. The van der Waals surface area contributed by atoms with Crippen LogP contribution in [0, 0.1) is 0 Å². The van der Waals surface area contributed by atoms with Crippen molar-refractivity contribution in [1.82, 2.24) is 5.32 Å². The molecule has 0 aliphatic carbocycles. The highest BCUT2D eigenvalue weighted by Gasteiger charge is 2.45. The molecule has 0 saturated carbocycles. The zero-order chi connectivity index (χ0) is 21.6. The lowest BCUT2D eigenvalue weighted by Gasteiger charge is -2.26. The molecule has 0 radical (unpaired) electrons. The van der Waals surface area contributed by atoms with Gasteiger partial charge in [-0.2, -0.15) is 0 Å². The molecule has 2 heterocycles. The largest absolute Gasteiger partial charge is 0.459 e. The summed E-state index contributed by atoms with van der Waals surface area (Å²) in [6, 6.07) is -0.318. The van der Waals surface area contributed by atoms with Crippen molar-refractivity contribution >= 4 is 33.5 Å². The standard InChI is InChI=1S/C18H31B2NO8/c1-4-10-16(26-9(2)22)17(18(20)29-10)25-8-12-11(7-13(19)27-12)28-15(24)6-5-14(23)21-3/h10-13,16-18H,4-8,19-20H2,1-3H3,(H,21,23)/t10-,11-,12-,13-,16+,17?,18-/m1/s1. The molecule has 0 aromatic heterocycles. The van der Waals surface area contributed by atoms with E-state index in [0.717, 1.165) is 0 Å². The number of hydrogen-bond acceptors (Lipinski definition) is 8. The van der Waals surface area contributed by atoms with Gasteiger partial charge in [-0.05, 0) is 6.42 Å². The van der Waals surface area contributed by atoms with E-state index in [1.165, 1.54) is 14.0 Å². The zero-order valence-corrected chi connectivity index (χ0v) is 17.8. The van der Waals surface area contributed by atoms with Crippen molar-refractivity contribution in [3.8, 4) is 0 Å². The van der Waals surface area contributed by atoms with E-state index in [4.69, 9.17) is 23.7 Å². The first-order valence-corrected chi connectivity index (χ1v) is 10.2. The number of carbonyl (C=O) groups is 3. The minimum Gasteiger partial charge on any atom is -0.459 e. The molecule has 162 valence electrons. The van der Waals surface area contributed by atoms with Crippen molar-refractivity contribution in [1.29, 1.82) is 0 Å². The minimum absolute atomic E-state index is 0.0122. The van der Waals surface area contributed by atoms with Gasteiger partial charge >= 0.3 is 11.9 Å². The van der Waals surface area contributed by atoms with Gasteiger partial charge in [0.05, 0.1) is 25.1 Å². The maximum absolute atomic E-state index is 12.1. The van der Waals surface area contributed by atoms with E-state index in [-0.39, 0.29) is 49.4 Å². The second-order valence-corrected chi connectivity index (χ2v) is 7.58. The predicted octanol–water partition coefficient (Wildman–Crippen LogP) is -1.74. The molecule has 2 saturated heterocycles. The van der Waals surface area contributed by atoms with Crippen LogP contribution in [0.1, 0.15) is 39.5 Å². The monoisotopic (exact) mass is 411 g/mol. The molecule has 0 aromatic rings. The average Bonchev–Trinajstić information content (AvgIpc) is 3.16. The fraction of sp³-hybridized carbons (Fsp3) is 0.833. The highest BCUT2D eigenvalue weighted by atomic mass is 16.6. The number of hydrogen-bond donors (Lipinski definition) is 1. The Balaban J connectivity index is 1.91. The van der Waals surface area contributed by atoms with E-state index in [9.17, 15) is 14.4 Å². The minimum atomic E-state index is -0.486. The van der Waals surface area contributed by atoms with Gasteiger partial charge in [-0.1, -0.05) is 6.92 Å². The summed E-state index contributed by atoms with van der Waals surface area (Å²) in [5.74, 6) is -1.04. The molecule has 2 rings (SSSR count). The van der Waals surface area contributed by atoms with Crippen molar-refractivity contribution in [3.05, 3.63) is 0 Å². The van der Waals surface area contributed by atoms with Gasteiger partial charge in [-0.15, -0.1) is 0 Å². The summed E-state index contributed by atoms with van der Waals surface area (Å²) in [6.07, 6.45) is -0.661. The molecule has 7 atom stereocenters. The van der Waals surface area contributed by atoms with Crippen LogP contribution in [0.3, 0.4) is 0 Å². The van der Waals surface area contributed by atoms with Crippen molar-refractivity contribution < 1.29 is 38.1 Å². The van der Waals surface area contributed by atoms with Crippen LogP contribution >= 0.6 is 0 Å². The van der Waals surface area contributed by atoms with Gasteiger partial charge in [0.1, 0.15) is 34.0 Å². The topological polar surface area (TPSA) is 109 Å². The quantitative estimate of drug-likeness (QED) is 0.352. The molecular weight excluding hydrogens is 380 g/mol. The Morgan fingerprint density at radius 2 is 1.79 bits per heavy atom. The Labute approximate surface area is 173 Å². The molecular formula is C18H31B2NO8. The third-order valence-electron chi connectivity index (χ3n) is 5.20. The number of amides is 1. The van der Waals surface area contributed by atoms with Gasteiger partial charge in [0.25, 0.3) is 0 Å². The normalized spacial score (nSPS) is 34.0. The van der Waals surface area contributed by atoms with Gasteiger partial charge < -0.3 is 29.0 Å². The maximum Gasteiger partial charge on any atom is 0.306 e. The molecule has 0 bridgehead atoms. The molecule has 29 heavy (non-hydrogen) atoms. The Morgan fingerprint density at radius 3 is 2.41 bits per heavy atom. The first-order chi connectivity index (χ1) is 13.7. The van der Waals surface area contributed by atoms with Crippen LogP contribution < -0.4 is 5.32 Å². The van der Waals surface area contributed by atoms with Gasteiger partial charge in [-0.3, -0.25) is 14.4 Å².